The molecule has 0 unspecified atom stereocenters. The largest absolute Gasteiger partial charge is 0.497 e. The summed E-state index contributed by atoms with van der Waals surface area (Å²) in [6.45, 7) is 1.48. The predicted octanol–water partition coefficient (Wildman–Crippen LogP) is 3.12. The van der Waals surface area contributed by atoms with Gasteiger partial charge < -0.3 is 15.8 Å². The van der Waals surface area contributed by atoms with Crippen molar-refractivity contribution in [3.05, 3.63) is 53.1 Å². The molecule has 2 aromatic rings. The summed E-state index contributed by atoms with van der Waals surface area (Å²) in [5.41, 5.74) is 5.73. The minimum atomic E-state index is -0.849. The van der Waals surface area contributed by atoms with Crippen LogP contribution in [0.4, 0.5) is 20.2 Å². The molecule has 0 saturated heterocycles. The van der Waals surface area contributed by atoms with Crippen molar-refractivity contribution >= 4 is 17.3 Å². The van der Waals surface area contributed by atoms with E-state index >= 15 is 0 Å². The Balaban J connectivity index is 2.33. The summed E-state index contributed by atoms with van der Waals surface area (Å²) in [7, 11) is 1.46. The van der Waals surface area contributed by atoms with E-state index in [1.54, 1.807) is 0 Å². The molecule has 0 aromatic heterocycles. The fraction of sp³-hybridized carbons (Fsp3) is 0.133. The van der Waals surface area contributed by atoms with Gasteiger partial charge in [-0.05, 0) is 30.7 Å². The van der Waals surface area contributed by atoms with E-state index in [4.69, 9.17) is 10.5 Å². The molecule has 0 aliphatic carbocycles. The van der Waals surface area contributed by atoms with Crippen LogP contribution in [0.25, 0.3) is 0 Å². The molecule has 4 nitrogen and oxygen atoms in total. The zero-order valence-electron chi connectivity index (χ0n) is 11.5. The van der Waals surface area contributed by atoms with Gasteiger partial charge in [-0.2, -0.15) is 0 Å². The molecule has 0 heterocycles. The molecule has 0 saturated carbocycles. The van der Waals surface area contributed by atoms with Crippen LogP contribution in [0.1, 0.15) is 15.9 Å². The Morgan fingerprint density at radius 1 is 1.24 bits per heavy atom. The van der Waals surface area contributed by atoms with Gasteiger partial charge in [0.2, 0.25) is 0 Å². The number of methoxy groups -OCH3 is 1. The van der Waals surface area contributed by atoms with Gasteiger partial charge in [-0.3, -0.25) is 4.79 Å². The molecule has 0 bridgehead atoms. The van der Waals surface area contributed by atoms with E-state index in [1.165, 1.54) is 38.3 Å². The topological polar surface area (TPSA) is 64.3 Å². The lowest BCUT2D eigenvalue weighted by Crippen LogP contribution is -2.16. The second-order valence-electron chi connectivity index (χ2n) is 4.46. The van der Waals surface area contributed by atoms with Crippen molar-refractivity contribution in [1.29, 1.82) is 0 Å². The maximum Gasteiger partial charge on any atom is 0.257 e. The highest BCUT2D eigenvalue weighted by molar-refractivity contribution is 6.08. The fourth-order valence-electron chi connectivity index (χ4n) is 1.83. The monoisotopic (exact) mass is 292 g/mol. The van der Waals surface area contributed by atoms with E-state index < -0.39 is 23.2 Å². The number of nitrogen functional groups attached to an aromatic ring is 1. The number of ether oxygens (including phenoxy) is 1. The van der Waals surface area contributed by atoms with Crippen molar-refractivity contribution in [2.24, 2.45) is 0 Å². The first-order valence-corrected chi connectivity index (χ1v) is 6.13. The molecule has 0 fully saturated rings. The normalized spacial score (nSPS) is 10.3. The first-order valence-electron chi connectivity index (χ1n) is 6.13. The van der Waals surface area contributed by atoms with E-state index in [0.29, 0.717) is 5.75 Å². The predicted molar refractivity (Wildman–Crippen MR) is 76.5 cm³/mol. The standard InChI is InChI=1S/C15H14F2N2O2/c1-8-3-6-11(16)14(13(8)17)19-15(20)10-5-4-9(21-2)7-12(10)18/h3-7H,18H2,1-2H3,(H,19,20). The summed E-state index contributed by atoms with van der Waals surface area (Å²) < 4.78 is 32.4. The van der Waals surface area contributed by atoms with Crippen LogP contribution in [0.5, 0.6) is 5.75 Å². The molecule has 2 rings (SSSR count). The third-order valence-electron chi connectivity index (χ3n) is 3.03. The molecule has 3 N–H and O–H groups in total. The van der Waals surface area contributed by atoms with Gasteiger partial charge in [-0.15, -0.1) is 0 Å². The lowest BCUT2D eigenvalue weighted by Gasteiger charge is -2.11. The van der Waals surface area contributed by atoms with Gasteiger partial charge in [-0.25, -0.2) is 8.78 Å². The lowest BCUT2D eigenvalue weighted by atomic mass is 10.1. The highest BCUT2D eigenvalue weighted by Crippen LogP contribution is 2.24. The van der Waals surface area contributed by atoms with Gasteiger partial charge in [0, 0.05) is 11.8 Å². The molecule has 0 atom stereocenters. The number of benzene rings is 2. The number of halogens is 2. The molecule has 0 spiro atoms. The van der Waals surface area contributed by atoms with E-state index in [9.17, 15) is 13.6 Å². The number of rotatable bonds is 3. The summed E-state index contributed by atoms with van der Waals surface area (Å²) in [6.07, 6.45) is 0. The zero-order valence-corrected chi connectivity index (χ0v) is 11.5. The first-order chi connectivity index (χ1) is 9.93. The zero-order chi connectivity index (χ0) is 15.6. The number of aryl methyl sites for hydroxylation is 1. The van der Waals surface area contributed by atoms with Crippen molar-refractivity contribution < 1.29 is 18.3 Å². The number of hydrogen-bond donors (Lipinski definition) is 2. The van der Waals surface area contributed by atoms with Gasteiger partial charge in [0.25, 0.3) is 5.91 Å². The quantitative estimate of drug-likeness (QED) is 0.854. The molecule has 0 aliphatic heterocycles. The molecule has 110 valence electrons. The Morgan fingerprint density at radius 3 is 2.57 bits per heavy atom. The molecule has 0 aliphatic rings. The highest BCUT2D eigenvalue weighted by atomic mass is 19.1. The average molecular weight is 292 g/mol. The Labute approximate surface area is 120 Å². The van der Waals surface area contributed by atoms with Crippen LogP contribution < -0.4 is 15.8 Å². The molecule has 1 amide bonds. The van der Waals surface area contributed by atoms with Gasteiger partial charge >= 0.3 is 0 Å². The second kappa shape index (κ2) is 5.78. The van der Waals surface area contributed by atoms with Crippen molar-refractivity contribution in [2.75, 3.05) is 18.2 Å². The molecular formula is C15H14F2N2O2. The van der Waals surface area contributed by atoms with Crippen LogP contribution in [-0.2, 0) is 0 Å². The second-order valence-corrected chi connectivity index (χ2v) is 4.46. The van der Waals surface area contributed by atoms with E-state index in [0.717, 1.165) is 6.07 Å². The first kappa shape index (κ1) is 14.8. The Morgan fingerprint density at radius 2 is 1.95 bits per heavy atom. The van der Waals surface area contributed by atoms with Crippen LogP contribution in [-0.4, -0.2) is 13.0 Å². The van der Waals surface area contributed by atoms with E-state index in [2.05, 4.69) is 5.32 Å². The molecular weight excluding hydrogens is 278 g/mol. The van der Waals surface area contributed by atoms with Crippen LogP contribution >= 0.6 is 0 Å². The fourth-order valence-corrected chi connectivity index (χ4v) is 1.83. The summed E-state index contributed by atoms with van der Waals surface area (Å²) in [5, 5.41) is 2.20. The molecule has 0 radical (unpaired) electrons. The number of carbonyl (C=O) groups is 1. The maximum absolute atomic E-state index is 13.9. The van der Waals surface area contributed by atoms with Crippen molar-refractivity contribution in [3.8, 4) is 5.75 Å². The van der Waals surface area contributed by atoms with Crippen LogP contribution in [0.3, 0.4) is 0 Å². The number of anilines is 2. The van der Waals surface area contributed by atoms with Gasteiger partial charge in [0.1, 0.15) is 17.3 Å². The Kier molecular flexibility index (Phi) is 4.07. The van der Waals surface area contributed by atoms with Crippen molar-refractivity contribution in [3.63, 3.8) is 0 Å². The van der Waals surface area contributed by atoms with Crippen LogP contribution in [0, 0.1) is 18.6 Å². The van der Waals surface area contributed by atoms with E-state index in [-0.39, 0.29) is 16.8 Å². The molecule has 2 aromatic carbocycles. The number of hydrogen-bond acceptors (Lipinski definition) is 3. The minimum absolute atomic E-state index is 0.108. The van der Waals surface area contributed by atoms with Crippen LogP contribution in [0.2, 0.25) is 0 Å². The average Bonchev–Trinajstić information content (AvgIpc) is 2.47. The molecule has 21 heavy (non-hydrogen) atoms. The third-order valence-corrected chi connectivity index (χ3v) is 3.03. The molecule has 6 heteroatoms. The van der Waals surface area contributed by atoms with Gasteiger partial charge in [0.05, 0.1) is 12.7 Å². The van der Waals surface area contributed by atoms with Gasteiger partial charge in [0.15, 0.2) is 5.82 Å². The number of nitrogens with two attached hydrogens (primary N) is 1. The number of nitrogens with one attached hydrogen (secondary N) is 1. The van der Waals surface area contributed by atoms with Gasteiger partial charge in [-0.1, -0.05) is 6.07 Å². The van der Waals surface area contributed by atoms with Crippen molar-refractivity contribution in [1.82, 2.24) is 0 Å². The summed E-state index contributed by atoms with van der Waals surface area (Å²) in [4.78, 5) is 12.1. The lowest BCUT2D eigenvalue weighted by molar-refractivity contribution is 0.102. The van der Waals surface area contributed by atoms with Crippen LogP contribution in [0.15, 0.2) is 30.3 Å². The smallest absolute Gasteiger partial charge is 0.257 e. The Hall–Kier alpha value is -2.63. The summed E-state index contributed by atoms with van der Waals surface area (Å²) >= 11 is 0. The van der Waals surface area contributed by atoms with E-state index in [1.807, 2.05) is 0 Å². The third kappa shape index (κ3) is 2.94. The summed E-state index contributed by atoms with van der Waals surface area (Å²) in [5.74, 6) is -1.87. The summed E-state index contributed by atoms with van der Waals surface area (Å²) in [6, 6.07) is 6.80. The Bertz CT molecular complexity index is 702. The minimum Gasteiger partial charge on any atom is -0.497 e. The number of amides is 1. The highest BCUT2D eigenvalue weighted by Gasteiger charge is 2.17. The number of carbonyl (C=O) groups excluding carboxylic acids is 1. The van der Waals surface area contributed by atoms with Crippen molar-refractivity contribution in [2.45, 2.75) is 6.92 Å². The SMILES string of the molecule is COc1ccc(C(=O)Nc2c(F)ccc(C)c2F)c(N)c1. The maximum atomic E-state index is 13.9.